The molecule has 0 amide bonds. The Hall–Kier alpha value is -2.75. The number of rotatable bonds is 4. The Kier molecular flexibility index (Phi) is 4.91. The Bertz CT molecular complexity index is 930. The second kappa shape index (κ2) is 7.65. The molecule has 3 nitrogen and oxygen atoms in total. The predicted molar refractivity (Wildman–Crippen MR) is 105 cm³/mol. The van der Waals surface area contributed by atoms with Crippen molar-refractivity contribution in [3.63, 3.8) is 0 Å². The Morgan fingerprint density at radius 3 is 2.69 bits per heavy atom. The van der Waals surface area contributed by atoms with E-state index < -0.39 is 0 Å². The molecule has 1 aliphatic rings. The van der Waals surface area contributed by atoms with Crippen molar-refractivity contribution in [2.45, 2.75) is 38.0 Å². The molecule has 0 spiro atoms. The third-order valence-corrected chi connectivity index (χ3v) is 5.01. The van der Waals surface area contributed by atoms with E-state index in [1.165, 1.54) is 44.2 Å². The lowest BCUT2D eigenvalue weighted by molar-refractivity contribution is 0.437. The summed E-state index contributed by atoms with van der Waals surface area (Å²) in [5.41, 5.74) is 6.75. The van der Waals surface area contributed by atoms with Crippen molar-refractivity contribution < 1.29 is 4.39 Å². The molecule has 1 N–H and O–H groups in total. The highest BCUT2D eigenvalue weighted by atomic mass is 19.1. The number of halogens is 1. The summed E-state index contributed by atoms with van der Waals surface area (Å²) in [6.07, 6.45) is 8.12. The molecule has 1 aromatic heterocycles. The number of hydrogen-bond acceptors (Lipinski definition) is 3. The van der Waals surface area contributed by atoms with Gasteiger partial charge in [-0.15, -0.1) is 0 Å². The van der Waals surface area contributed by atoms with Gasteiger partial charge in [0.2, 0.25) is 0 Å². The van der Waals surface area contributed by atoms with E-state index in [4.69, 9.17) is 4.98 Å². The first-order valence-corrected chi connectivity index (χ1v) is 9.24. The molecular formula is C22H22FN3. The summed E-state index contributed by atoms with van der Waals surface area (Å²) in [6.45, 7) is 0. The molecule has 0 bridgehead atoms. The third kappa shape index (κ3) is 3.74. The molecule has 4 rings (SSSR count). The fraction of sp³-hybridized carbons (Fsp3) is 0.273. The first-order chi connectivity index (χ1) is 12.8. The van der Waals surface area contributed by atoms with Crippen LogP contribution in [0.3, 0.4) is 0 Å². The highest BCUT2D eigenvalue weighted by molar-refractivity contribution is 5.98. The Morgan fingerprint density at radius 1 is 1.00 bits per heavy atom. The van der Waals surface area contributed by atoms with Gasteiger partial charge in [0.1, 0.15) is 5.82 Å². The fourth-order valence-corrected chi connectivity index (χ4v) is 3.67. The minimum Gasteiger partial charge on any atom is -0.278 e. The number of fused-ring (bicyclic) bond motifs is 1. The van der Waals surface area contributed by atoms with E-state index >= 15 is 0 Å². The van der Waals surface area contributed by atoms with E-state index in [0.29, 0.717) is 11.6 Å². The van der Waals surface area contributed by atoms with Crippen molar-refractivity contribution in [2.75, 3.05) is 5.43 Å². The van der Waals surface area contributed by atoms with Crippen LogP contribution in [0, 0.1) is 5.82 Å². The lowest BCUT2D eigenvalue weighted by Crippen LogP contribution is -2.07. The van der Waals surface area contributed by atoms with Crippen LogP contribution in [-0.2, 0) is 0 Å². The molecule has 4 heteroatoms. The molecule has 132 valence electrons. The molecule has 1 heterocycles. The summed E-state index contributed by atoms with van der Waals surface area (Å²) in [7, 11) is 0. The summed E-state index contributed by atoms with van der Waals surface area (Å²) >= 11 is 0. The lowest BCUT2D eigenvalue weighted by atomic mass is 9.86. The van der Waals surface area contributed by atoms with E-state index in [-0.39, 0.29) is 5.82 Å². The average molecular weight is 347 g/mol. The number of hydrazone groups is 1. The molecular weight excluding hydrogens is 325 g/mol. The highest BCUT2D eigenvalue weighted by Crippen LogP contribution is 2.33. The van der Waals surface area contributed by atoms with E-state index in [0.717, 1.165) is 22.2 Å². The second-order valence-electron chi connectivity index (χ2n) is 6.87. The average Bonchev–Trinajstić information content (AvgIpc) is 2.68. The summed E-state index contributed by atoms with van der Waals surface area (Å²) in [4.78, 5) is 4.91. The minimum atomic E-state index is -0.279. The number of nitrogens with zero attached hydrogens (tertiary/aromatic N) is 2. The Morgan fingerprint density at radius 2 is 1.85 bits per heavy atom. The van der Waals surface area contributed by atoms with Crippen LogP contribution in [0.15, 0.2) is 59.7 Å². The second-order valence-corrected chi connectivity index (χ2v) is 6.87. The normalized spacial score (nSPS) is 15.6. The summed E-state index contributed by atoms with van der Waals surface area (Å²) in [6, 6.07) is 16.6. The van der Waals surface area contributed by atoms with Gasteiger partial charge in [0.05, 0.1) is 17.4 Å². The maximum Gasteiger partial charge on any atom is 0.125 e. The van der Waals surface area contributed by atoms with Gasteiger partial charge in [-0.05, 0) is 43.2 Å². The van der Waals surface area contributed by atoms with Crippen LogP contribution in [0.2, 0.25) is 0 Å². The van der Waals surface area contributed by atoms with Crippen LogP contribution < -0.4 is 5.43 Å². The van der Waals surface area contributed by atoms with Gasteiger partial charge in [-0.25, -0.2) is 4.39 Å². The maximum absolute atomic E-state index is 13.3. The van der Waals surface area contributed by atoms with Crippen LogP contribution in [-0.4, -0.2) is 11.2 Å². The first kappa shape index (κ1) is 16.7. The van der Waals surface area contributed by atoms with Gasteiger partial charge in [-0.2, -0.15) is 5.10 Å². The Labute approximate surface area is 153 Å². The summed E-state index contributed by atoms with van der Waals surface area (Å²) < 4.78 is 13.3. The predicted octanol–water partition coefficient (Wildman–Crippen LogP) is 5.87. The van der Waals surface area contributed by atoms with Crippen molar-refractivity contribution in [2.24, 2.45) is 5.10 Å². The number of benzene rings is 2. The number of nitrogens with one attached hydrogen (secondary N) is 1. The van der Waals surface area contributed by atoms with Gasteiger partial charge in [0.25, 0.3) is 0 Å². The molecule has 26 heavy (non-hydrogen) atoms. The minimum absolute atomic E-state index is 0.279. The van der Waals surface area contributed by atoms with Gasteiger partial charge in [-0.3, -0.25) is 10.4 Å². The largest absolute Gasteiger partial charge is 0.278 e. The van der Waals surface area contributed by atoms with E-state index in [1.807, 2.05) is 12.1 Å². The van der Waals surface area contributed by atoms with Crippen LogP contribution in [0.25, 0.3) is 10.9 Å². The van der Waals surface area contributed by atoms with Crippen molar-refractivity contribution in [3.8, 4) is 0 Å². The monoisotopic (exact) mass is 347 g/mol. The molecule has 0 aliphatic heterocycles. The van der Waals surface area contributed by atoms with Gasteiger partial charge >= 0.3 is 0 Å². The maximum atomic E-state index is 13.3. The molecule has 0 saturated heterocycles. The fourth-order valence-electron chi connectivity index (χ4n) is 3.67. The number of hydrogen-bond donors (Lipinski definition) is 1. The van der Waals surface area contributed by atoms with Gasteiger partial charge in [0.15, 0.2) is 0 Å². The van der Waals surface area contributed by atoms with Crippen LogP contribution in [0.5, 0.6) is 0 Å². The number of aromatic nitrogens is 1. The molecule has 0 radical (unpaired) electrons. The number of anilines is 1. The smallest absolute Gasteiger partial charge is 0.125 e. The van der Waals surface area contributed by atoms with Crippen LogP contribution in [0.1, 0.15) is 49.3 Å². The lowest BCUT2D eigenvalue weighted by Gasteiger charge is -2.21. The molecule has 1 saturated carbocycles. The molecule has 2 aromatic carbocycles. The van der Waals surface area contributed by atoms with Crippen molar-refractivity contribution in [1.29, 1.82) is 0 Å². The molecule has 1 aliphatic carbocycles. The van der Waals surface area contributed by atoms with Crippen LogP contribution >= 0.6 is 0 Å². The Balaban J connectivity index is 1.65. The number of para-hydroxylation sites is 1. The molecule has 0 atom stereocenters. The van der Waals surface area contributed by atoms with Crippen LogP contribution in [0.4, 0.5) is 10.1 Å². The highest BCUT2D eigenvalue weighted by Gasteiger charge is 2.18. The quantitative estimate of drug-likeness (QED) is 0.473. The van der Waals surface area contributed by atoms with Gasteiger partial charge in [0, 0.05) is 22.6 Å². The van der Waals surface area contributed by atoms with Crippen molar-refractivity contribution in [1.82, 2.24) is 4.98 Å². The summed E-state index contributed by atoms with van der Waals surface area (Å²) in [5, 5.41) is 5.40. The van der Waals surface area contributed by atoms with E-state index in [9.17, 15) is 4.39 Å². The zero-order valence-electron chi connectivity index (χ0n) is 14.7. The van der Waals surface area contributed by atoms with E-state index in [2.05, 4.69) is 28.7 Å². The molecule has 3 aromatic rings. The van der Waals surface area contributed by atoms with Crippen molar-refractivity contribution >= 4 is 22.8 Å². The zero-order valence-corrected chi connectivity index (χ0v) is 14.7. The van der Waals surface area contributed by atoms with Gasteiger partial charge < -0.3 is 0 Å². The molecule has 0 unspecified atom stereocenters. The SMILES string of the molecule is Fc1cccc(N/N=C/c2cc(C3CCCCC3)nc3ccccc23)c1. The number of pyridine rings is 1. The van der Waals surface area contributed by atoms with Gasteiger partial charge in [-0.1, -0.05) is 43.5 Å². The van der Waals surface area contributed by atoms with E-state index in [1.54, 1.807) is 18.3 Å². The van der Waals surface area contributed by atoms with Crippen molar-refractivity contribution in [3.05, 3.63) is 71.7 Å². The first-order valence-electron chi connectivity index (χ1n) is 9.24. The zero-order chi connectivity index (χ0) is 17.8. The standard InChI is InChI=1S/C22H22FN3/c23-18-9-6-10-19(14-18)26-24-15-17-13-22(16-7-2-1-3-8-16)25-21-12-5-4-11-20(17)21/h4-6,9-16,26H,1-3,7-8H2/b24-15+. The third-order valence-electron chi connectivity index (χ3n) is 5.01. The topological polar surface area (TPSA) is 37.3 Å². The molecule has 1 fully saturated rings. The summed E-state index contributed by atoms with van der Waals surface area (Å²) in [5.74, 6) is 0.260.